The summed E-state index contributed by atoms with van der Waals surface area (Å²) >= 11 is 0. The van der Waals surface area contributed by atoms with Crippen molar-refractivity contribution in [3.8, 4) is 17.6 Å². The van der Waals surface area contributed by atoms with E-state index < -0.39 is 11.7 Å². The van der Waals surface area contributed by atoms with Crippen molar-refractivity contribution in [1.82, 2.24) is 0 Å². The Labute approximate surface area is 190 Å². The van der Waals surface area contributed by atoms with Crippen LogP contribution in [-0.2, 0) is 9.59 Å². The van der Waals surface area contributed by atoms with Crippen LogP contribution in [0.5, 0.6) is 11.5 Å². The highest BCUT2D eigenvalue weighted by Gasteiger charge is 2.10. The van der Waals surface area contributed by atoms with E-state index in [0.717, 1.165) is 0 Å². The molecule has 7 nitrogen and oxygen atoms in total. The highest BCUT2D eigenvalue weighted by molar-refractivity contribution is 6.09. The first-order valence-corrected chi connectivity index (χ1v) is 9.82. The molecule has 8 heteroatoms. The molecular weight excluding hydrogens is 425 g/mol. The predicted octanol–water partition coefficient (Wildman–Crippen LogP) is 4.40. The molecule has 2 N–H and O–H groups in total. The van der Waals surface area contributed by atoms with Gasteiger partial charge in [-0.25, -0.2) is 4.39 Å². The van der Waals surface area contributed by atoms with Crippen molar-refractivity contribution < 1.29 is 23.5 Å². The second kappa shape index (κ2) is 11.1. The minimum atomic E-state index is -0.611. The lowest BCUT2D eigenvalue weighted by molar-refractivity contribution is -0.118. The number of anilines is 2. The van der Waals surface area contributed by atoms with Crippen LogP contribution in [0.2, 0.25) is 0 Å². The van der Waals surface area contributed by atoms with E-state index >= 15 is 0 Å². The van der Waals surface area contributed by atoms with Gasteiger partial charge in [0, 0.05) is 11.4 Å². The standard InChI is InChI=1S/C25H20FN3O4/c1-32-22-12-8-20(9-13-22)28-24(30)16-33-23-10-2-17(3-11-23)14-18(15-27)25(31)29-21-6-4-19(26)5-7-21/h2-14H,16H2,1H3,(H,28,30)(H,29,31)/b18-14+. The van der Waals surface area contributed by atoms with E-state index in [0.29, 0.717) is 28.4 Å². The lowest BCUT2D eigenvalue weighted by Crippen LogP contribution is -2.20. The number of rotatable bonds is 8. The van der Waals surface area contributed by atoms with Crippen molar-refractivity contribution in [1.29, 1.82) is 5.26 Å². The van der Waals surface area contributed by atoms with Gasteiger partial charge in [-0.3, -0.25) is 9.59 Å². The third-order valence-electron chi connectivity index (χ3n) is 4.40. The minimum Gasteiger partial charge on any atom is -0.497 e. The van der Waals surface area contributed by atoms with Gasteiger partial charge in [-0.1, -0.05) is 12.1 Å². The van der Waals surface area contributed by atoms with E-state index in [1.807, 2.05) is 6.07 Å². The average Bonchev–Trinajstić information content (AvgIpc) is 2.83. The molecule has 2 amide bonds. The molecule has 0 aliphatic heterocycles. The Kier molecular flexibility index (Phi) is 7.76. The van der Waals surface area contributed by atoms with Crippen molar-refractivity contribution in [2.45, 2.75) is 0 Å². The van der Waals surface area contributed by atoms with Crippen LogP contribution in [0.15, 0.2) is 78.4 Å². The van der Waals surface area contributed by atoms with Crippen LogP contribution in [-0.4, -0.2) is 25.5 Å². The monoisotopic (exact) mass is 445 g/mol. The van der Waals surface area contributed by atoms with Gasteiger partial charge in [-0.05, 0) is 72.3 Å². The topological polar surface area (TPSA) is 100 Å². The number of ether oxygens (including phenoxy) is 2. The van der Waals surface area contributed by atoms with Gasteiger partial charge in [0.1, 0.15) is 29.0 Å². The van der Waals surface area contributed by atoms with Gasteiger partial charge in [0.25, 0.3) is 11.8 Å². The lowest BCUT2D eigenvalue weighted by atomic mass is 10.1. The summed E-state index contributed by atoms with van der Waals surface area (Å²) in [5.41, 5.74) is 1.47. The summed E-state index contributed by atoms with van der Waals surface area (Å²) in [6.07, 6.45) is 1.42. The number of nitrogens with zero attached hydrogens (tertiary/aromatic N) is 1. The zero-order valence-corrected chi connectivity index (χ0v) is 17.7. The molecule has 0 radical (unpaired) electrons. The van der Waals surface area contributed by atoms with Gasteiger partial charge in [-0.15, -0.1) is 0 Å². The number of benzene rings is 3. The third-order valence-corrected chi connectivity index (χ3v) is 4.40. The molecule has 0 heterocycles. The Hall–Kier alpha value is -4.64. The normalized spacial score (nSPS) is 10.6. The van der Waals surface area contributed by atoms with Crippen molar-refractivity contribution in [2.24, 2.45) is 0 Å². The van der Waals surface area contributed by atoms with E-state index in [2.05, 4.69) is 10.6 Å². The van der Waals surface area contributed by atoms with Crippen molar-refractivity contribution in [3.63, 3.8) is 0 Å². The van der Waals surface area contributed by atoms with Crippen molar-refractivity contribution >= 4 is 29.3 Å². The van der Waals surface area contributed by atoms with Crippen molar-refractivity contribution in [2.75, 3.05) is 24.4 Å². The summed E-state index contributed by atoms with van der Waals surface area (Å²) in [4.78, 5) is 24.3. The quantitative estimate of drug-likeness (QED) is 0.395. The molecule has 0 fully saturated rings. The molecule has 0 saturated heterocycles. The smallest absolute Gasteiger partial charge is 0.266 e. The molecule has 0 atom stereocenters. The molecular formula is C25H20FN3O4. The first kappa shape index (κ1) is 23.0. The second-order valence-electron chi connectivity index (χ2n) is 6.77. The fourth-order valence-electron chi connectivity index (χ4n) is 2.73. The van der Waals surface area contributed by atoms with Crippen LogP contribution in [0.4, 0.5) is 15.8 Å². The summed E-state index contributed by atoms with van der Waals surface area (Å²) < 4.78 is 23.5. The maximum atomic E-state index is 13.0. The van der Waals surface area contributed by atoms with E-state index in [9.17, 15) is 19.2 Å². The molecule has 0 bridgehead atoms. The minimum absolute atomic E-state index is 0.119. The predicted molar refractivity (Wildman–Crippen MR) is 122 cm³/mol. The largest absolute Gasteiger partial charge is 0.497 e. The number of methoxy groups -OCH3 is 1. The highest BCUT2D eigenvalue weighted by atomic mass is 19.1. The van der Waals surface area contributed by atoms with Gasteiger partial charge in [-0.2, -0.15) is 5.26 Å². The molecule has 0 aliphatic carbocycles. The Bertz CT molecular complexity index is 1180. The average molecular weight is 445 g/mol. The number of carbonyl (C=O) groups is 2. The first-order chi connectivity index (χ1) is 16.0. The van der Waals surface area contributed by atoms with Crippen LogP contribution in [0.1, 0.15) is 5.56 Å². The maximum absolute atomic E-state index is 13.0. The summed E-state index contributed by atoms with van der Waals surface area (Å²) in [5.74, 6) is -0.227. The summed E-state index contributed by atoms with van der Waals surface area (Å²) in [6, 6.07) is 20.5. The summed E-state index contributed by atoms with van der Waals surface area (Å²) in [7, 11) is 1.56. The molecule has 3 aromatic rings. The Morgan fingerprint density at radius 1 is 0.909 bits per heavy atom. The zero-order chi connectivity index (χ0) is 23.6. The van der Waals surface area contributed by atoms with Crippen LogP contribution in [0.25, 0.3) is 6.08 Å². The molecule has 0 saturated carbocycles. The first-order valence-electron chi connectivity index (χ1n) is 9.82. The van der Waals surface area contributed by atoms with Gasteiger partial charge >= 0.3 is 0 Å². The van der Waals surface area contributed by atoms with E-state index in [1.165, 1.54) is 30.3 Å². The molecule has 0 aromatic heterocycles. The molecule has 33 heavy (non-hydrogen) atoms. The number of carbonyl (C=O) groups excluding carboxylic acids is 2. The number of amides is 2. The molecule has 166 valence electrons. The van der Waals surface area contributed by atoms with Crippen molar-refractivity contribution in [3.05, 3.63) is 89.8 Å². The van der Waals surface area contributed by atoms with Crippen LogP contribution < -0.4 is 20.1 Å². The number of hydrogen-bond donors (Lipinski definition) is 2. The Balaban J connectivity index is 1.55. The van der Waals surface area contributed by atoms with E-state index in [4.69, 9.17) is 9.47 Å². The van der Waals surface area contributed by atoms with E-state index in [-0.39, 0.29) is 18.1 Å². The molecule has 3 rings (SSSR count). The Morgan fingerprint density at radius 2 is 1.48 bits per heavy atom. The molecule has 3 aromatic carbocycles. The number of halogens is 1. The number of hydrogen-bond acceptors (Lipinski definition) is 5. The van der Waals surface area contributed by atoms with Gasteiger partial charge in [0.2, 0.25) is 0 Å². The maximum Gasteiger partial charge on any atom is 0.266 e. The van der Waals surface area contributed by atoms with Crippen LogP contribution in [0.3, 0.4) is 0 Å². The summed E-state index contributed by atoms with van der Waals surface area (Å²) in [6.45, 7) is -0.190. The van der Waals surface area contributed by atoms with Crippen LogP contribution in [0, 0.1) is 17.1 Å². The van der Waals surface area contributed by atoms with E-state index in [1.54, 1.807) is 55.6 Å². The highest BCUT2D eigenvalue weighted by Crippen LogP contribution is 2.17. The zero-order valence-electron chi connectivity index (χ0n) is 17.7. The SMILES string of the molecule is COc1ccc(NC(=O)COc2ccc(/C=C(\C#N)C(=O)Nc3ccc(F)cc3)cc2)cc1. The van der Waals surface area contributed by atoms with Gasteiger partial charge in [0.15, 0.2) is 6.61 Å². The fraction of sp³-hybridized carbons (Fsp3) is 0.0800. The Morgan fingerprint density at radius 3 is 2.09 bits per heavy atom. The third kappa shape index (κ3) is 6.94. The number of nitrogens with one attached hydrogen (secondary N) is 2. The van der Waals surface area contributed by atoms with Crippen LogP contribution >= 0.6 is 0 Å². The molecule has 0 spiro atoms. The fourth-order valence-corrected chi connectivity index (χ4v) is 2.73. The number of nitriles is 1. The summed E-state index contributed by atoms with van der Waals surface area (Å²) in [5, 5.41) is 14.6. The second-order valence-corrected chi connectivity index (χ2v) is 6.77. The molecule has 0 aliphatic rings. The lowest BCUT2D eigenvalue weighted by Gasteiger charge is -2.08. The molecule has 0 unspecified atom stereocenters. The van der Waals surface area contributed by atoms with Gasteiger partial charge < -0.3 is 20.1 Å². The van der Waals surface area contributed by atoms with Gasteiger partial charge in [0.05, 0.1) is 7.11 Å².